The Labute approximate surface area is 82.2 Å². The average Bonchev–Trinajstić information content (AvgIpc) is 2.60. The number of nitrogens with zero attached hydrogens (tertiary/aromatic N) is 1. The van der Waals surface area contributed by atoms with Gasteiger partial charge in [-0.15, -0.1) is 11.3 Å². The van der Waals surface area contributed by atoms with Gasteiger partial charge in [0.15, 0.2) is 5.78 Å². The summed E-state index contributed by atoms with van der Waals surface area (Å²) in [7, 11) is 2.02. The molecule has 70 valence electrons. The molecular weight excluding hydrogens is 182 g/mol. The molecule has 2 rings (SSSR count). The van der Waals surface area contributed by atoms with Gasteiger partial charge in [-0.05, 0) is 26.1 Å². The van der Waals surface area contributed by atoms with Crippen molar-refractivity contribution in [2.45, 2.75) is 19.4 Å². The molecule has 1 aromatic rings. The van der Waals surface area contributed by atoms with Gasteiger partial charge < -0.3 is 0 Å². The van der Waals surface area contributed by atoms with E-state index in [0.717, 1.165) is 6.54 Å². The Bertz CT molecular complexity index is 331. The molecule has 0 saturated carbocycles. The normalized spacial score (nSPS) is 24.2. The van der Waals surface area contributed by atoms with Gasteiger partial charge in [0.1, 0.15) is 6.04 Å². The van der Waals surface area contributed by atoms with E-state index in [1.165, 1.54) is 9.75 Å². The SMILES string of the molecule is Cc1ccc(C2C(=O)CCN2C)s1. The first-order valence-electron chi connectivity index (χ1n) is 4.48. The molecule has 0 radical (unpaired) electrons. The molecule has 1 aromatic heterocycles. The molecule has 1 aliphatic heterocycles. The van der Waals surface area contributed by atoms with Crippen molar-refractivity contribution in [3.63, 3.8) is 0 Å². The summed E-state index contributed by atoms with van der Waals surface area (Å²) in [5.41, 5.74) is 0. The molecule has 0 N–H and O–H groups in total. The van der Waals surface area contributed by atoms with E-state index < -0.39 is 0 Å². The van der Waals surface area contributed by atoms with Crippen molar-refractivity contribution in [1.82, 2.24) is 4.90 Å². The lowest BCUT2D eigenvalue weighted by molar-refractivity contribution is -0.119. The number of carbonyl (C=O) groups is 1. The Kier molecular flexibility index (Phi) is 2.22. The predicted octanol–water partition coefficient (Wildman–Crippen LogP) is 2.00. The highest BCUT2D eigenvalue weighted by atomic mass is 32.1. The zero-order valence-corrected chi connectivity index (χ0v) is 8.73. The second-order valence-electron chi connectivity index (χ2n) is 3.55. The monoisotopic (exact) mass is 195 g/mol. The third-order valence-corrected chi connectivity index (χ3v) is 3.54. The summed E-state index contributed by atoms with van der Waals surface area (Å²) >= 11 is 1.73. The van der Waals surface area contributed by atoms with E-state index in [1.54, 1.807) is 11.3 Å². The van der Waals surface area contributed by atoms with Crippen LogP contribution in [0.4, 0.5) is 0 Å². The summed E-state index contributed by atoms with van der Waals surface area (Å²) in [6.07, 6.45) is 0.706. The highest BCUT2D eigenvalue weighted by Gasteiger charge is 2.31. The molecule has 1 unspecified atom stereocenters. The van der Waals surface area contributed by atoms with Crippen molar-refractivity contribution in [2.24, 2.45) is 0 Å². The van der Waals surface area contributed by atoms with Crippen molar-refractivity contribution < 1.29 is 4.79 Å². The van der Waals surface area contributed by atoms with Gasteiger partial charge in [0.05, 0.1) is 0 Å². The van der Waals surface area contributed by atoms with Gasteiger partial charge in [0.2, 0.25) is 0 Å². The number of likely N-dealkylation sites (N-methyl/N-ethyl adjacent to an activating group) is 1. The Balaban J connectivity index is 2.29. The van der Waals surface area contributed by atoms with Gasteiger partial charge >= 0.3 is 0 Å². The van der Waals surface area contributed by atoms with Gasteiger partial charge in [-0.1, -0.05) is 0 Å². The second kappa shape index (κ2) is 3.24. The van der Waals surface area contributed by atoms with E-state index in [2.05, 4.69) is 24.0 Å². The van der Waals surface area contributed by atoms with Gasteiger partial charge in [-0.3, -0.25) is 9.69 Å². The van der Waals surface area contributed by atoms with Crippen LogP contribution in [0.1, 0.15) is 22.2 Å². The van der Waals surface area contributed by atoms with Crippen LogP contribution >= 0.6 is 11.3 Å². The number of Topliss-reactive ketones (excluding diaryl/α,β-unsaturated/α-hetero) is 1. The van der Waals surface area contributed by atoms with E-state index in [-0.39, 0.29) is 6.04 Å². The van der Waals surface area contributed by atoms with E-state index in [1.807, 2.05) is 7.05 Å². The van der Waals surface area contributed by atoms with Crippen molar-refractivity contribution in [3.8, 4) is 0 Å². The summed E-state index contributed by atoms with van der Waals surface area (Å²) in [4.78, 5) is 16.2. The Hall–Kier alpha value is -0.670. The number of thiophene rings is 1. The first kappa shape index (κ1) is 8.91. The maximum absolute atomic E-state index is 11.6. The Morgan fingerprint density at radius 3 is 2.77 bits per heavy atom. The first-order chi connectivity index (χ1) is 6.18. The van der Waals surface area contributed by atoms with E-state index in [9.17, 15) is 4.79 Å². The highest BCUT2D eigenvalue weighted by Crippen LogP contribution is 2.31. The number of carbonyl (C=O) groups excluding carboxylic acids is 1. The van der Waals surface area contributed by atoms with Crippen LogP contribution in [0.25, 0.3) is 0 Å². The molecule has 0 spiro atoms. The van der Waals surface area contributed by atoms with Gasteiger partial charge in [0, 0.05) is 22.7 Å². The van der Waals surface area contributed by atoms with Crippen molar-refractivity contribution in [2.75, 3.05) is 13.6 Å². The second-order valence-corrected chi connectivity index (χ2v) is 4.87. The highest BCUT2D eigenvalue weighted by molar-refractivity contribution is 7.12. The quantitative estimate of drug-likeness (QED) is 0.683. The van der Waals surface area contributed by atoms with E-state index >= 15 is 0 Å². The molecule has 3 heteroatoms. The molecule has 1 atom stereocenters. The van der Waals surface area contributed by atoms with Crippen LogP contribution in [0.15, 0.2) is 12.1 Å². The topological polar surface area (TPSA) is 20.3 Å². The average molecular weight is 195 g/mol. The van der Waals surface area contributed by atoms with Crippen molar-refractivity contribution in [1.29, 1.82) is 0 Å². The van der Waals surface area contributed by atoms with Gasteiger partial charge in [0.25, 0.3) is 0 Å². The predicted molar refractivity (Wildman–Crippen MR) is 54.1 cm³/mol. The standard InChI is InChI=1S/C10H13NOS/c1-7-3-4-9(13-7)10-8(12)5-6-11(10)2/h3-4,10H,5-6H2,1-2H3. The summed E-state index contributed by atoms with van der Waals surface area (Å²) in [5.74, 6) is 0.365. The maximum atomic E-state index is 11.6. The van der Waals surface area contributed by atoms with Crippen molar-refractivity contribution >= 4 is 17.1 Å². The number of ketones is 1. The van der Waals surface area contributed by atoms with Crippen LogP contribution in [0, 0.1) is 6.92 Å². The number of rotatable bonds is 1. The summed E-state index contributed by atoms with van der Waals surface area (Å²) in [5, 5.41) is 0. The molecule has 2 nitrogen and oxygen atoms in total. The molecule has 0 amide bonds. The lowest BCUT2D eigenvalue weighted by Gasteiger charge is -2.15. The van der Waals surface area contributed by atoms with Gasteiger partial charge in [-0.25, -0.2) is 0 Å². The van der Waals surface area contributed by atoms with Crippen LogP contribution in [0.5, 0.6) is 0 Å². The van der Waals surface area contributed by atoms with Gasteiger partial charge in [-0.2, -0.15) is 0 Å². The summed E-state index contributed by atoms with van der Waals surface area (Å²) < 4.78 is 0. The van der Waals surface area contributed by atoms with E-state index in [4.69, 9.17) is 0 Å². The third-order valence-electron chi connectivity index (χ3n) is 2.49. The maximum Gasteiger partial charge on any atom is 0.156 e. The minimum atomic E-state index is 0.0405. The first-order valence-corrected chi connectivity index (χ1v) is 5.29. The number of hydrogen-bond acceptors (Lipinski definition) is 3. The molecule has 0 bridgehead atoms. The van der Waals surface area contributed by atoms with Crippen LogP contribution in [-0.4, -0.2) is 24.3 Å². The Morgan fingerprint density at radius 2 is 2.31 bits per heavy atom. The molecule has 0 aliphatic carbocycles. The number of likely N-dealkylation sites (tertiary alicyclic amines) is 1. The van der Waals surface area contributed by atoms with Crippen LogP contribution in [0.3, 0.4) is 0 Å². The van der Waals surface area contributed by atoms with E-state index in [0.29, 0.717) is 12.2 Å². The molecule has 0 aromatic carbocycles. The molecule has 1 saturated heterocycles. The molecule has 1 aliphatic rings. The zero-order chi connectivity index (χ0) is 9.42. The Morgan fingerprint density at radius 1 is 1.54 bits per heavy atom. The lowest BCUT2D eigenvalue weighted by atomic mass is 10.1. The smallest absolute Gasteiger partial charge is 0.156 e. The summed E-state index contributed by atoms with van der Waals surface area (Å²) in [6.45, 7) is 2.98. The molecule has 1 fully saturated rings. The molecular formula is C10H13NOS. The van der Waals surface area contributed by atoms with Crippen LogP contribution < -0.4 is 0 Å². The summed E-state index contributed by atoms with van der Waals surface area (Å²) in [6, 6.07) is 4.20. The van der Waals surface area contributed by atoms with Crippen molar-refractivity contribution in [3.05, 3.63) is 21.9 Å². The fourth-order valence-electron chi connectivity index (χ4n) is 1.77. The minimum absolute atomic E-state index is 0.0405. The number of hydrogen-bond donors (Lipinski definition) is 0. The number of aryl methyl sites for hydroxylation is 1. The minimum Gasteiger partial charge on any atom is -0.297 e. The molecule has 2 heterocycles. The lowest BCUT2D eigenvalue weighted by Crippen LogP contribution is -2.19. The van der Waals surface area contributed by atoms with Crippen LogP contribution in [0.2, 0.25) is 0 Å². The zero-order valence-electron chi connectivity index (χ0n) is 7.91. The van der Waals surface area contributed by atoms with Crippen LogP contribution in [-0.2, 0) is 4.79 Å². The fourth-order valence-corrected chi connectivity index (χ4v) is 2.84. The third kappa shape index (κ3) is 1.54. The molecule has 13 heavy (non-hydrogen) atoms. The fraction of sp³-hybridized carbons (Fsp3) is 0.500. The largest absolute Gasteiger partial charge is 0.297 e.